The van der Waals surface area contributed by atoms with Crippen molar-refractivity contribution in [3.8, 4) is 0 Å². The fourth-order valence-electron chi connectivity index (χ4n) is 5.10. The summed E-state index contributed by atoms with van der Waals surface area (Å²) in [6, 6.07) is 10.9. The van der Waals surface area contributed by atoms with Crippen LogP contribution in [0.4, 0.5) is 0 Å². The first-order chi connectivity index (χ1) is 20.5. The Labute approximate surface area is 250 Å². The highest BCUT2D eigenvalue weighted by atomic mass is 15.0. The quantitative estimate of drug-likeness (QED) is 0.163. The highest BCUT2D eigenvalue weighted by Gasteiger charge is 2.18. The molecule has 4 heteroatoms. The Kier molecular flexibility index (Phi) is 11.3. The maximum absolute atomic E-state index is 7.69. The van der Waals surface area contributed by atoms with Gasteiger partial charge in [0.2, 0.25) is 0 Å². The number of benzene rings is 2. The normalized spacial score (nSPS) is 14.0. The average molecular weight is 555 g/mol. The Morgan fingerprint density at radius 1 is 1.05 bits per heavy atom. The van der Waals surface area contributed by atoms with Gasteiger partial charge in [0, 0.05) is 40.5 Å². The second kappa shape index (κ2) is 15.1. The smallest absolute Gasteiger partial charge is 0.0619 e. The summed E-state index contributed by atoms with van der Waals surface area (Å²) in [6.07, 6.45) is 23.2. The molecule has 0 atom stereocenters. The predicted molar refractivity (Wildman–Crippen MR) is 188 cm³/mol. The highest BCUT2D eigenvalue weighted by molar-refractivity contribution is 6.12. The fraction of sp³-hybridized carbons (Fsp3) is 0.132. The van der Waals surface area contributed by atoms with E-state index < -0.39 is 0 Å². The van der Waals surface area contributed by atoms with Crippen LogP contribution < -0.4 is 11.1 Å². The zero-order chi connectivity index (χ0) is 30.6. The lowest BCUT2D eigenvalue weighted by molar-refractivity contribution is 0.957. The molecule has 1 aromatic heterocycles. The molecule has 1 aliphatic rings. The van der Waals surface area contributed by atoms with Crippen LogP contribution >= 0.6 is 0 Å². The number of allylic oxidation sites excluding steroid dienone is 10. The summed E-state index contributed by atoms with van der Waals surface area (Å²) in [5, 5.41) is 14.6. The molecule has 3 aromatic rings. The Balaban J connectivity index is 0.00000237. The summed E-state index contributed by atoms with van der Waals surface area (Å²) >= 11 is 0. The van der Waals surface area contributed by atoms with E-state index in [0.29, 0.717) is 13.0 Å². The molecule has 214 valence electrons. The third-order valence-corrected chi connectivity index (χ3v) is 7.15. The molecule has 1 aliphatic heterocycles. The van der Waals surface area contributed by atoms with E-state index in [1.807, 2.05) is 39.0 Å². The van der Waals surface area contributed by atoms with Crippen LogP contribution in [0.25, 0.3) is 45.2 Å². The summed E-state index contributed by atoms with van der Waals surface area (Å²) < 4.78 is 2.24. The van der Waals surface area contributed by atoms with Crippen LogP contribution in [0.2, 0.25) is 0 Å². The van der Waals surface area contributed by atoms with E-state index in [2.05, 4.69) is 96.9 Å². The Morgan fingerprint density at radius 2 is 1.81 bits per heavy atom. The molecule has 0 bridgehead atoms. The van der Waals surface area contributed by atoms with Crippen molar-refractivity contribution < 1.29 is 0 Å². The van der Waals surface area contributed by atoms with Crippen LogP contribution in [-0.4, -0.2) is 17.3 Å². The minimum absolute atomic E-state index is 0.649. The van der Waals surface area contributed by atoms with Gasteiger partial charge in [-0.1, -0.05) is 107 Å². The maximum atomic E-state index is 7.69. The molecule has 4 nitrogen and oxygen atoms in total. The number of nitrogens with one attached hydrogen (secondary N) is 2. The van der Waals surface area contributed by atoms with Crippen LogP contribution in [0, 0.1) is 5.41 Å². The van der Waals surface area contributed by atoms with Gasteiger partial charge < -0.3 is 21.0 Å². The molecule has 0 spiro atoms. The number of hydrogen-bond donors (Lipinski definition) is 3. The molecule has 0 unspecified atom stereocenters. The summed E-state index contributed by atoms with van der Waals surface area (Å²) in [7, 11) is 0. The third kappa shape index (κ3) is 6.29. The molecule has 0 amide bonds. The standard InChI is InChI=1S/C36H36N4.C2H6/c1-6-12-28(23-38)29-17-20-34(39-24-29)27-16-18-31-26(21-27)15-19-33-32(14-11-13-25(7-2)22-37)35(10-5)40(36(31)33)30(8-3)9-4;1-2/h6-12,14-23,38-39H,1-3,5,13,24,37H2,4H3;1-2H3/b14-11-,25-22+,28-12+,30-9+,38-23?;. The average Bonchev–Trinajstić information content (AvgIpc) is 3.36. The molecule has 0 radical (unpaired) electrons. The molecular formula is C38H42N4. The lowest BCUT2D eigenvalue weighted by atomic mass is 9.98. The van der Waals surface area contributed by atoms with Gasteiger partial charge in [0.15, 0.2) is 0 Å². The minimum atomic E-state index is 0.649. The van der Waals surface area contributed by atoms with Gasteiger partial charge in [-0.05, 0) is 71.5 Å². The molecule has 4 rings (SSSR count). The first kappa shape index (κ1) is 31.4. The van der Waals surface area contributed by atoms with E-state index in [1.165, 1.54) is 6.21 Å². The third-order valence-electron chi connectivity index (χ3n) is 7.15. The van der Waals surface area contributed by atoms with Crippen LogP contribution in [0.15, 0.2) is 128 Å². The van der Waals surface area contributed by atoms with Crippen molar-refractivity contribution in [3.63, 3.8) is 0 Å². The zero-order valence-electron chi connectivity index (χ0n) is 25.1. The molecule has 0 fully saturated rings. The zero-order valence-corrected chi connectivity index (χ0v) is 25.1. The van der Waals surface area contributed by atoms with Crippen LogP contribution in [0.3, 0.4) is 0 Å². The van der Waals surface area contributed by atoms with Crippen molar-refractivity contribution in [1.82, 2.24) is 9.88 Å². The van der Waals surface area contributed by atoms with Gasteiger partial charge in [-0.15, -0.1) is 0 Å². The topological polar surface area (TPSA) is 66.8 Å². The summed E-state index contributed by atoms with van der Waals surface area (Å²) in [5.41, 5.74) is 15.0. The van der Waals surface area contributed by atoms with Crippen molar-refractivity contribution in [1.29, 1.82) is 5.41 Å². The lowest BCUT2D eigenvalue weighted by Crippen LogP contribution is -2.20. The highest BCUT2D eigenvalue weighted by Crippen LogP contribution is 2.37. The van der Waals surface area contributed by atoms with Crippen molar-refractivity contribution in [2.75, 3.05) is 6.54 Å². The summed E-state index contributed by atoms with van der Waals surface area (Å²) in [4.78, 5) is 0. The Bertz CT molecular complexity index is 1710. The van der Waals surface area contributed by atoms with Gasteiger partial charge in [0.25, 0.3) is 0 Å². The van der Waals surface area contributed by atoms with Gasteiger partial charge in [0.05, 0.1) is 11.2 Å². The first-order valence-corrected chi connectivity index (χ1v) is 14.3. The molecule has 42 heavy (non-hydrogen) atoms. The van der Waals surface area contributed by atoms with Crippen LogP contribution in [0.1, 0.15) is 44.0 Å². The van der Waals surface area contributed by atoms with Gasteiger partial charge in [0.1, 0.15) is 0 Å². The lowest BCUT2D eigenvalue weighted by Gasteiger charge is -2.19. The summed E-state index contributed by atoms with van der Waals surface area (Å²) in [5.74, 6) is 0. The molecule has 2 heterocycles. The molecule has 4 N–H and O–H groups in total. The van der Waals surface area contributed by atoms with Crippen molar-refractivity contribution in [3.05, 3.63) is 145 Å². The van der Waals surface area contributed by atoms with Gasteiger partial charge in [-0.25, -0.2) is 0 Å². The molecular weight excluding hydrogens is 512 g/mol. The predicted octanol–water partition coefficient (Wildman–Crippen LogP) is 9.57. The van der Waals surface area contributed by atoms with E-state index in [9.17, 15) is 0 Å². The molecule has 2 aromatic carbocycles. The minimum Gasteiger partial charge on any atom is -0.404 e. The van der Waals surface area contributed by atoms with Crippen molar-refractivity contribution >= 4 is 51.4 Å². The second-order valence-corrected chi connectivity index (χ2v) is 9.33. The number of nitrogens with zero attached hydrogens (tertiary/aromatic N) is 1. The second-order valence-electron chi connectivity index (χ2n) is 9.33. The SMILES string of the molecule is C=C/C=C(\C=N)C1=CC=C(c2ccc3c(ccc4c(/C=C\C/C(C=C)=C/N)c(C=C)n(/C(C=C)=C/C)c43)c2)NC1.CC. The number of rotatable bonds is 11. The number of aromatic nitrogens is 1. The Morgan fingerprint density at radius 3 is 2.38 bits per heavy atom. The largest absolute Gasteiger partial charge is 0.404 e. The van der Waals surface area contributed by atoms with E-state index in [4.69, 9.17) is 11.1 Å². The molecule has 0 saturated carbocycles. The monoisotopic (exact) mass is 554 g/mol. The van der Waals surface area contributed by atoms with Gasteiger partial charge in [-0.2, -0.15) is 0 Å². The van der Waals surface area contributed by atoms with Crippen molar-refractivity contribution in [2.45, 2.75) is 27.2 Å². The number of fused-ring (bicyclic) bond motifs is 3. The number of nitrogens with two attached hydrogens (primary N) is 1. The van der Waals surface area contributed by atoms with Crippen molar-refractivity contribution in [2.24, 2.45) is 5.73 Å². The van der Waals surface area contributed by atoms with Crippen LogP contribution in [-0.2, 0) is 0 Å². The summed E-state index contributed by atoms with van der Waals surface area (Å²) in [6.45, 7) is 22.5. The van der Waals surface area contributed by atoms with E-state index in [-0.39, 0.29) is 0 Å². The Hall–Kier alpha value is -5.09. The van der Waals surface area contributed by atoms with E-state index in [0.717, 1.165) is 66.6 Å². The van der Waals surface area contributed by atoms with Gasteiger partial charge >= 0.3 is 0 Å². The van der Waals surface area contributed by atoms with E-state index >= 15 is 0 Å². The molecule has 0 saturated heterocycles. The van der Waals surface area contributed by atoms with Gasteiger partial charge in [-0.3, -0.25) is 0 Å². The maximum Gasteiger partial charge on any atom is 0.0619 e. The van der Waals surface area contributed by atoms with E-state index in [1.54, 1.807) is 18.4 Å². The number of dihydropyridines is 1. The molecule has 0 aliphatic carbocycles. The van der Waals surface area contributed by atoms with Crippen LogP contribution in [0.5, 0.6) is 0 Å². The number of hydrogen-bond acceptors (Lipinski definition) is 3. The first-order valence-electron chi connectivity index (χ1n) is 14.3. The fourth-order valence-corrected chi connectivity index (χ4v) is 5.10.